The largest absolute Gasteiger partial charge is 0.329 e. The molecule has 1 aliphatic rings. The molecule has 1 saturated heterocycles. The molecule has 0 unspecified atom stereocenters. The maximum atomic E-state index is 11.5. The van der Waals surface area contributed by atoms with Crippen LogP contribution < -0.4 is 15.7 Å². The van der Waals surface area contributed by atoms with Crippen molar-refractivity contribution in [1.29, 1.82) is 0 Å². The number of hydrogen-bond donors (Lipinski definition) is 1. The number of nitrogens with one attached hydrogen (secondary N) is 1. The number of nitrogens with zero attached hydrogens (tertiary/aromatic N) is 1. The molecule has 80 valence electrons. The van der Waals surface area contributed by atoms with Crippen molar-refractivity contribution in [1.82, 2.24) is 5.32 Å². The molecule has 1 aromatic rings. The second-order valence-corrected chi connectivity index (χ2v) is 3.88. The molecule has 4 nitrogen and oxygen atoms in total. The maximum Gasteiger partial charge on any atom is 0.329 e. The molecule has 0 saturated carbocycles. The highest BCUT2D eigenvalue weighted by Gasteiger charge is 2.30. The first-order valence-electron chi connectivity index (χ1n) is 4.98. The average molecular weight is 214 g/mol. The van der Waals surface area contributed by atoms with Gasteiger partial charge in [-0.25, -0.2) is 9.69 Å². The van der Waals surface area contributed by atoms with Gasteiger partial charge in [-0.1, -0.05) is 16.6 Å². The highest BCUT2D eigenvalue weighted by Crippen LogP contribution is 2.19. The van der Waals surface area contributed by atoms with Crippen LogP contribution in [0.1, 0.15) is 11.1 Å². The van der Waals surface area contributed by atoms with Crippen molar-refractivity contribution in [3.05, 3.63) is 23.3 Å². The molecule has 16 heavy (non-hydrogen) atoms. The number of rotatable bonds is 1. The van der Waals surface area contributed by atoms with E-state index < -0.39 is 0 Å². The lowest BCUT2D eigenvalue weighted by Gasteiger charge is -2.16. The maximum absolute atomic E-state index is 11.5. The van der Waals surface area contributed by atoms with Crippen LogP contribution in [-0.2, 0) is 4.79 Å². The van der Waals surface area contributed by atoms with Crippen LogP contribution in [0.15, 0.2) is 12.1 Å². The van der Waals surface area contributed by atoms with E-state index in [-0.39, 0.29) is 18.5 Å². The van der Waals surface area contributed by atoms with Gasteiger partial charge in [0.15, 0.2) is 0 Å². The standard InChI is InChI=1S/C11H11BN2O2/c1-6-3-8(4-7(2)10(6)12)14-9(15)5-13-11(14)16/h3-4H,5H2,1-2H3,(H,13,16). The van der Waals surface area contributed by atoms with Gasteiger partial charge in [0.05, 0.1) is 12.2 Å². The summed E-state index contributed by atoms with van der Waals surface area (Å²) in [6.07, 6.45) is 0. The number of amides is 3. The van der Waals surface area contributed by atoms with Crippen molar-refractivity contribution in [2.24, 2.45) is 0 Å². The Bertz CT molecular complexity index is 446. The summed E-state index contributed by atoms with van der Waals surface area (Å²) >= 11 is 0. The Hall–Kier alpha value is -1.78. The highest BCUT2D eigenvalue weighted by atomic mass is 16.2. The zero-order valence-electron chi connectivity index (χ0n) is 9.20. The molecule has 1 N–H and O–H groups in total. The van der Waals surface area contributed by atoms with Crippen LogP contribution in [0.4, 0.5) is 10.5 Å². The molecule has 0 spiro atoms. The van der Waals surface area contributed by atoms with Crippen LogP contribution >= 0.6 is 0 Å². The third-order valence-electron chi connectivity index (χ3n) is 2.68. The number of hydrogen-bond acceptors (Lipinski definition) is 2. The lowest BCUT2D eigenvalue weighted by atomic mass is 9.86. The molecule has 1 aliphatic heterocycles. The average Bonchev–Trinajstić information content (AvgIpc) is 2.54. The van der Waals surface area contributed by atoms with Gasteiger partial charge in [-0.05, 0) is 26.0 Å². The molecule has 1 heterocycles. The van der Waals surface area contributed by atoms with E-state index in [0.717, 1.165) is 16.0 Å². The summed E-state index contributed by atoms with van der Waals surface area (Å²) in [6.45, 7) is 3.76. The SMILES string of the molecule is [B]c1c(C)cc(N2C(=O)CNC2=O)cc1C. The number of benzene rings is 1. The zero-order chi connectivity index (χ0) is 11.9. The van der Waals surface area contributed by atoms with E-state index in [1.165, 1.54) is 0 Å². The van der Waals surface area contributed by atoms with E-state index >= 15 is 0 Å². The first-order chi connectivity index (χ1) is 7.50. The molecule has 0 aromatic heterocycles. The van der Waals surface area contributed by atoms with Gasteiger partial charge in [0.1, 0.15) is 7.85 Å². The zero-order valence-corrected chi connectivity index (χ0v) is 9.20. The Morgan fingerprint density at radius 1 is 1.25 bits per heavy atom. The molecule has 0 atom stereocenters. The van der Waals surface area contributed by atoms with Crippen molar-refractivity contribution in [3.8, 4) is 0 Å². The van der Waals surface area contributed by atoms with E-state index in [1.807, 2.05) is 13.8 Å². The summed E-state index contributed by atoms with van der Waals surface area (Å²) in [4.78, 5) is 24.1. The fourth-order valence-corrected chi connectivity index (χ4v) is 1.76. The number of imide groups is 1. The Morgan fingerprint density at radius 3 is 2.25 bits per heavy atom. The Balaban J connectivity index is 2.48. The van der Waals surface area contributed by atoms with Gasteiger partial charge in [0.25, 0.3) is 5.91 Å². The molecule has 5 heteroatoms. The lowest BCUT2D eigenvalue weighted by Crippen LogP contribution is -2.31. The monoisotopic (exact) mass is 214 g/mol. The van der Waals surface area contributed by atoms with Crippen LogP contribution in [-0.4, -0.2) is 26.3 Å². The molecule has 3 amide bonds. The molecular formula is C11H11BN2O2. The van der Waals surface area contributed by atoms with E-state index in [9.17, 15) is 9.59 Å². The van der Waals surface area contributed by atoms with Crippen LogP contribution in [0.5, 0.6) is 0 Å². The molecule has 0 bridgehead atoms. The second-order valence-electron chi connectivity index (χ2n) is 3.88. The molecule has 1 fully saturated rings. The third kappa shape index (κ3) is 1.58. The number of aryl methyl sites for hydroxylation is 2. The molecule has 2 rings (SSSR count). The van der Waals surface area contributed by atoms with Gasteiger partial charge in [0.2, 0.25) is 0 Å². The van der Waals surface area contributed by atoms with Crippen LogP contribution in [0, 0.1) is 13.8 Å². The minimum atomic E-state index is -0.381. The number of anilines is 1. The van der Waals surface area contributed by atoms with Gasteiger partial charge in [-0.15, -0.1) is 0 Å². The molecule has 0 aliphatic carbocycles. The van der Waals surface area contributed by atoms with Crippen molar-refractivity contribution in [3.63, 3.8) is 0 Å². The van der Waals surface area contributed by atoms with Crippen molar-refractivity contribution in [2.75, 3.05) is 11.4 Å². The van der Waals surface area contributed by atoms with E-state index in [2.05, 4.69) is 5.32 Å². The van der Waals surface area contributed by atoms with Crippen molar-refractivity contribution in [2.45, 2.75) is 13.8 Å². The topological polar surface area (TPSA) is 49.4 Å². The summed E-state index contributed by atoms with van der Waals surface area (Å²) in [5.41, 5.74) is 2.99. The fraction of sp³-hybridized carbons (Fsp3) is 0.273. The predicted octanol–water partition coefficient (Wildman–Crippen LogP) is 0.153. The van der Waals surface area contributed by atoms with E-state index in [1.54, 1.807) is 12.1 Å². The Morgan fingerprint density at radius 2 is 1.81 bits per heavy atom. The van der Waals surface area contributed by atoms with Gasteiger partial charge < -0.3 is 5.32 Å². The summed E-state index contributed by atoms with van der Waals surface area (Å²) in [5, 5.41) is 2.48. The van der Waals surface area contributed by atoms with E-state index in [4.69, 9.17) is 7.85 Å². The van der Waals surface area contributed by atoms with Crippen molar-refractivity contribution >= 4 is 30.9 Å². The summed E-state index contributed by atoms with van der Waals surface area (Å²) in [5.74, 6) is -0.242. The third-order valence-corrected chi connectivity index (χ3v) is 2.68. The fourth-order valence-electron chi connectivity index (χ4n) is 1.76. The highest BCUT2D eigenvalue weighted by molar-refractivity contribution is 6.34. The first-order valence-corrected chi connectivity index (χ1v) is 4.98. The van der Waals surface area contributed by atoms with Gasteiger partial charge in [-0.2, -0.15) is 0 Å². The summed E-state index contributed by atoms with van der Waals surface area (Å²) in [6, 6.07) is 3.10. The van der Waals surface area contributed by atoms with Gasteiger partial charge in [-0.3, -0.25) is 4.79 Å². The normalized spacial score (nSPS) is 15.5. The summed E-state index contributed by atoms with van der Waals surface area (Å²) < 4.78 is 0. The van der Waals surface area contributed by atoms with Crippen LogP contribution in [0.25, 0.3) is 0 Å². The van der Waals surface area contributed by atoms with E-state index in [0.29, 0.717) is 11.2 Å². The number of urea groups is 1. The minimum absolute atomic E-state index is 0.0569. The Kier molecular flexibility index (Phi) is 2.46. The molecule has 1 aromatic carbocycles. The molecular weight excluding hydrogens is 203 g/mol. The predicted molar refractivity (Wildman–Crippen MR) is 62.2 cm³/mol. The lowest BCUT2D eigenvalue weighted by molar-refractivity contribution is -0.115. The second kappa shape index (κ2) is 3.66. The van der Waals surface area contributed by atoms with Gasteiger partial charge in [0, 0.05) is 0 Å². The Labute approximate surface area is 95.0 Å². The summed E-state index contributed by atoms with van der Waals surface area (Å²) in [7, 11) is 5.81. The minimum Gasteiger partial charge on any atom is -0.328 e. The van der Waals surface area contributed by atoms with Crippen LogP contribution in [0.2, 0.25) is 0 Å². The number of carbonyl (C=O) groups excluding carboxylic acids is 2. The van der Waals surface area contributed by atoms with Crippen molar-refractivity contribution < 1.29 is 9.59 Å². The van der Waals surface area contributed by atoms with Crippen LogP contribution in [0.3, 0.4) is 0 Å². The number of carbonyl (C=O) groups is 2. The van der Waals surface area contributed by atoms with Gasteiger partial charge >= 0.3 is 6.03 Å². The quantitative estimate of drug-likeness (QED) is 0.534. The first kappa shape index (κ1) is 10.7. The smallest absolute Gasteiger partial charge is 0.328 e. The molecule has 2 radical (unpaired) electrons.